The van der Waals surface area contributed by atoms with Crippen LogP contribution in [0.25, 0.3) is 11.1 Å². The maximum atomic E-state index is 15.0. The van der Waals surface area contributed by atoms with Crippen molar-refractivity contribution in [2.24, 2.45) is 5.41 Å². The fourth-order valence-corrected chi connectivity index (χ4v) is 5.77. The number of rotatable bonds is 14. The highest BCUT2D eigenvalue weighted by Crippen LogP contribution is 2.37. The molecule has 50 heavy (non-hydrogen) atoms. The zero-order chi connectivity index (χ0) is 35.5. The van der Waals surface area contributed by atoms with Gasteiger partial charge in [0.25, 0.3) is 0 Å². The van der Waals surface area contributed by atoms with Crippen LogP contribution in [0.5, 0.6) is 0 Å². The lowest BCUT2D eigenvalue weighted by Crippen LogP contribution is -2.44. The minimum absolute atomic E-state index is 0.0510. The van der Waals surface area contributed by atoms with Crippen LogP contribution in [0.4, 0.5) is 13.6 Å². The summed E-state index contributed by atoms with van der Waals surface area (Å²) < 4.78 is 42.3. The Bertz CT molecular complexity index is 1840. The molecule has 1 amide bonds. The summed E-state index contributed by atoms with van der Waals surface area (Å²) in [5.74, 6) is -1.63. The van der Waals surface area contributed by atoms with Crippen molar-refractivity contribution < 1.29 is 27.8 Å². The minimum Gasteiger partial charge on any atom is -0.459 e. The lowest BCUT2D eigenvalue weighted by atomic mass is 9.84. The molecule has 7 nitrogen and oxygen atoms in total. The lowest BCUT2D eigenvalue weighted by molar-refractivity contribution is -0.147. The highest BCUT2D eigenvalue weighted by molar-refractivity contribution is 5.81. The fourth-order valence-electron chi connectivity index (χ4n) is 5.77. The molecule has 0 unspecified atom stereocenters. The van der Waals surface area contributed by atoms with Gasteiger partial charge in [-0.2, -0.15) is 0 Å². The van der Waals surface area contributed by atoms with E-state index in [-0.39, 0.29) is 36.7 Å². The topological polar surface area (TPSA) is 81.6 Å². The molecule has 0 radical (unpaired) electrons. The van der Waals surface area contributed by atoms with E-state index in [2.05, 4.69) is 31.4 Å². The lowest BCUT2D eigenvalue weighted by Gasteiger charge is -2.33. The highest BCUT2D eigenvalue weighted by atomic mass is 19.1. The number of alkyl carbamates (subject to hydrolysis) is 1. The first kappa shape index (κ1) is 36.0. The van der Waals surface area contributed by atoms with Crippen molar-refractivity contribution in [3.63, 3.8) is 0 Å². The van der Waals surface area contributed by atoms with Crippen LogP contribution in [0, 0.1) is 17.0 Å². The third-order valence-electron chi connectivity index (χ3n) is 8.32. The first-order valence-electron chi connectivity index (χ1n) is 16.7. The van der Waals surface area contributed by atoms with Crippen molar-refractivity contribution in [2.45, 2.75) is 59.0 Å². The van der Waals surface area contributed by atoms with Crippen LogP contribution in [-0.4, -0.2) is 29.2 Å². The first-order chi connectivity index (χ1) is 24.1. The fraction of sp³-hybridized carbons (Fsp3) is 0.268. The predicted molar refractivity (Wildman–Crippen MR) is 190 cm³/mol. The Morgan fingerprint density at radius 2 is 1.34 bits per heavy atom. The van der Waals surface area contributed by atoms with E-state index in [9.17, 15) is 18.4 Å². The van der Waals surface area contributed by atoms with Gasteiger partial charge in [-0.3, -0.25) is 0 Å². The van der Waals surface area contributed by atoms with E-state index in [4.69, 9.17) is 9.47 Å². The second kappa shape index (κ2) is 16.9. The number of hydrogen-bond acceptors (Lipinski definition) is 5. The molecule has 1 heterocycles. The molecule has 0 fully saturated rings. The summed E-state index contributed by atoms with van der Waals surface area (Å²) >= 11 is 0. The van der Waals surface area contributed by atoms with E-state index in [0.29, 0.717) is 18.7 Å². The van der Waals surface area contributed by atoms with E-state index in [1.165, 1.54) is 6.07 Å². The van der Waals surface area contributed by atoms with E-state index >= 15 is 0 Å². The molecule has 0 saturated carbocycles. The molecule has 2 N–H and O–H groups in total. The standard InChI is InChI=1S/C41H43F2N3O4/c1-41(2,3)38(37-23-32(34-24-33(42)19-20-35(34)43)26-46(37)25-29-13-7-4-8-14-29)44-22-21-36(39(47)49-27-30-15-9-5-10-16-30)45-40(48)50-28-31-17-11-6-12-18-31/h4-20,23-24,26,36,38,44H,21-22,25,27-28H2,1-3H3,(H,45,48)/t36-,38-/m0/s1. The largest absolute Gasteiger partial charge is 0.459 e. The molecular formula is C41H43F2N3O4. The van der Waals surface area contributed by atoms with Gasteiger partial charge in [0.2, 0.25) is 0 Å². The summed E-state index contributed by atoms with van der Waals surface area (Å²) in [6, 6.07) is 32.5. The van der Waals surface area contributed by atoms with Crippen molar-refractivity contribution in [2.75, 3.05) is 6.54 Å². The van der Waals surface area contributed by atoms with Gasteiger partial charge in [0, 0.05) is 29.6 Å². The third-order valence-corrected chi connectivity index (χ3v) is 8.32. The number of carbonyl (C=O) groups is 2. The highest BCUT2D eigenvalue weighted by Gasteiger charge is 2.31. The van der Waals surface area contributed by atoms with Crippen molar-refractivity contribution in [3.05, 3.63) is 155 Å². The Kier molecular flexibility index (Phi) is 12.2. The first-order valence-corrected chi connectivity index (χ1v) is 16.7. The van der Waals surface area contributed by atoms with Crippen LogP contribution in [0.15, 0.2) is 121 Å². The molecule has 4 aromatic carbocycles. The van der Waals surface area contributed by atoms with Gasteiger partial charge < -0.3 is 24.7 Å². The summed E-state index contributed by atoms with van der Waals surface area (Å²) in [5.41, 5.74) is 3.91. The van der Waals surface area contributed by atoms with Gasteiger partial charge in [0.1, 0.15) is 30.9 Å². The SMILES string of the molecule is CC(C)(C)[C@@H](NCC[C@H](NC(=O)OCc1ccccc1)C(=O)OCc1ccccc1)c1cc(-c2cc(F)ccc2F)cn1Cc1ccccc1. The van der Waals surface area contributed by atoms with Gasteiger partial charge >= 0.3 is 12.1 Å². The second-order valence-corrected chi connectivity index (χ2v) is 13.3. The number of halogens is 2. The normalized spacial score (nSPS) is 12.6. The Labute approximate surface area is 292 Å². The minimum atomic E-state index is -0.997. The zero-order valence-electron chi connectivity index (χ0n) is 28.6. The molecule has 5 aromatic rings. The molecular weight excluding hydrogens is 636 g/mol. The van der Waals surface area contributed by atoms with E-state index in [1.54, 1.807) is 0 Å². The van der Waals surface area contributed by atoms with Crippen molar-refractivity contribution in [3.8, 4) is 11.1 Å². The Balaban J connectivity index is 1.36. The molecule has 0 aliphatic heterocycles. The number of benzene rings is 4. The van der Waals surface area contributed by atoms with E-state index < -0.39 is 29.7 Å². The average Bonchev–Trinajstić information content (AvgIpc) is 3.51. The molecule has 0 saturated heterocycles. The number of hydrogen-bond donors (Lipinski definition) is 2. The molecule has 1 aromatic heterocycles. The molecule has 0 aliphatic carbocycles. The Hall–Kier alpha value is -5.28. The molecule has 0 aliphatic rings. The van der Waals surface area contributed by atoms with Gasteiger partial charge in [-0.25, -0.2) is 18.4 Å². The zero-order valence-corrected chi connectivity index (χ0v) is 28.6. The molecule has 0 bridgehead atoms. The number of amides is 1. The quantitative estimate of drug-likeness (QED) is 0.115. The maximum Gasteiger partial charge on any atom is 0.408 e. The summed E-state index contributed by atoms with van der Waals surface area (Å²) in [5, 5.41) is 6.29. The van der Waals surface area contributed by atoms with E-state index in [0.717, 1.165) is 34.5 Å². The number of nitrogens with one attached hydrogen (secondary N) is 2. The summed E-state index contributed by atoms with van der Waals surface area (Å²) in [6.07, 6.45) is 1.31. The average molecular weight is 680 g/mol. The van der Waals surface area contributed by atoms with Crippen LogP contribution >= 0.6 is 0 Å². The summed E-state index contributed by atoms with van der Waals surface area (Å²) in [7, 11) is 0. The number of carbonyl (C=O) groups excluding carboxylic acids is 2. The number of esters is 1. The monoisotopic (exact) mass is 679 g/mol. The van der Waals surface area contributed by atoms with Crippen LogP contribution in [0.1, 0.15) is 55.6 Å². The third kappa shape index (κ3) is 10.1. The predicted octanol–water partition coefficient (Wildman–Crippen LogP) is 8.59. The molecule has 260 valence electrons. The van der Waals surface area contributed by atoms with Crippen molar-refractivity contribution >= 4 is 12.1 Å². The Morgan fingerprint density at radius 3 is 1.94 bits per heavy atom. The number of nitrogens with zero attached hydrogens (tertiary/aromatic N) is 1. The van der Waals surface area contributed by atoms with Gasteiger partial charge in [-0.15, -0.1) is 0 Å². The molecule has 9 heteroatoms. The van der Waals surface area contributed by atoms with Crippen molar-refractivity contribution in [1.82, 2.24) is 15.2 Å². The van der Waals surface area contributed by atoms with Crippen LogP contribution < -0.4 is 10.6 Å². The van der Waals surface area contributed by atoms with Gasteiger partial charge in [0.15, 0.2) is 0 Å². The van der Waals surface area contributed by atoms with Gasteiger partial charge in [0.05, 0.1) is 6.04 Å². The van der Waals surface area contributed by atoms with Crippen LogP contribution in [0.3, 0.4) is 0 Å². The summed E-state index contributed by atoms with van der Waals surface area (Å²) in [6.45, 7) is 7.17. The molecule has 5 rings (SSSR count). The molecule has 0 spiro atoms. The van der Waals surface area contributed by atoms with Crippen LogP contribution in [-0.2, 0) is 34.0 Å². The van der Waals surface area contributed by atoms with Gasteiger partial charge in [-0.1, -0.05) is 112 Å². The Morgan fingerprint density at radius 1 is 0.760 bits per heavy atom. The molecule has 2 atom stereocenters. The second-order valence-electron chi connectivity index (χ2n) is 13.3. The smallest absolute Gasteiger partial charge is 0.408 e. The number of aromatic nitrogens is 1. The van der Waals surface area contributed by atoms with Crippen LogP contribution in [0.2, 0.25) is 0 Å². The van der Waals surface area contributed by atoms with E-state index in [1.807, 2.05) is 108 Å². The summed E-state index contributed by atoms with van der Waals surface area (Å²) in [4.78, 5) is 26.2. The van der Waals surface area contributed by atoms with Crippen molar-refractivity contribution in [1.29, 1.82) is 0 Å². The van der Waals surface area contributed by atoms with Gasteiger partial charge in [-0.05, 0) is 59.3 Å². The number of ether oxygens (including phenoxy) is 2. The maximum absolute atomic E-state index is 15.0.